The van der Waals surface area contributed by atoms with E-state index in [0.717, 1.165) is 5.69 Å². The quantitative estimate of drug-likeness (QED) is 0.562. The molecule has 0 radical (unpaired) electrons. The summed E-state index contributed by atoms with van der Waals surface area (Å²) in [5, 5.41) is 2.59. The van der Waals surface area contributed by atoms with Gasteiger partial charge in [-0.05, 0) is 32.0 Å². The predicted octanol–water partition coefficient (Wildman–Crippen LogP) is 3.89. The van der Waals surface area contributed by atoms with E-state index < -0.39 is 12.3 Å². The molecule has 0 atom stereocenters. The largest absolute Gasteiger partial charge is 0.280 e. The van der Waals surface area contributed by atoms with Crippen LogP contribution in [0.25, 0.3) is 21.9 Å². The van der Waals surface area contributed by atoms with Crippen LogP contribution in [0.4, 0.5) is 8.78 Å². The molecule has 0 aliphatic heterocycles. The van der Waals surface area contributed by atoms with Crippen LogP contribution in [-0.2, 0) is 0 Å². The van der Waals surface area contributed by atoms with Crippen LogP contribution >= 0.6 is 11.3 Å². The lowest BCUT2D eigenvalue weighted by Crippen LogP contribution is -2.23. The molecule has 0 aromatic carbocycles. The Balaban J connectivity index is 1.59. The number of pyridine rings is 1. The number of nitrogens with one attached hydrogen (secondary N) is 1. The van der Waals surface area contributed by atoms with Crippen molar-refractivity contribution in [2.75, 3.05) is 5.43 Å². The maximum Gasteiger partial charge on any atom is 0.280 e. The Morgan fingerprint density at radius 1 is 1.18 bits per heavy atom. The Morgan fingerprint density at radius 3 is 2.68 bits per heavy atom. The Morgan fingerprint density at radius 2 is 2.00 bits per heavy atom. The summed E-state index contributed by atoms with van der Waals surface area (Å²) in [7, 11) is 0. The van der Waals surface area contributed by atoms with E-state index in [1.165, 1.54) is 34.3 Å². The average Bonchev–Trinajstić information content (AvgIpc) is 3.27. The summed E-state index contributed by atoms with van der Waals surface area (Å²) in [5.41, 5.74) is 4.93. The van der Waals surface area contributed by atoms with Gasteiger partial charge in [0, 0.05) is 23.5 Å². The Bertz CT molecular complexity index is 1190. The molecule has 28 heavy (non-hydrogen) atoms. The zero-order valence-electron chi connectivity index (χ0n) is 14.8. The van der Waals surface area contributed by atoms with Gasteiger partial charge in [-0.1, -0.05) is 0 Å². The van der Waals surface area contributed by atoms with Crippen LogP contribution in [-0.4, -0.2) is 30.5 Å². The molecule has 4 aromatic heterocycles. The van der Waals surface area contributed by atoms with Crippen molar-refractivity contribution >= 4 is 28.3 Å². The lowest BCUT2D eigenvalue weighted by molar-refractivity contribution is 0.101. The van der Waals surface area contributed by atoms with E-state index in [4.69, 9.17) is 0 Å². The fourth-order valence-electron chi connectivity index (χ4n) is 2.67. The van der Waals surface area contributed by atoms with Gasteiger partial charge in [-0.2, -0.15) is 0 Å². The summed E-state index contributed by atoms with van der Waals surface area (Å²) in [6.07, 6.45) is 0.346. The van der Waals surface area contributed by atoms with Crippen LogP contribution in [0.1, 0.15) is 33.9 Å². The summed E-state index contributed by atoms with van der Waals surface area (Å²) in [4.78, 5) is 29.5. The molecular weight excluding hydrogens is 386 g/mol. The molecule has 10 heteroatoms. The van der Waals surface area contributed by atoms with Gasteiger partial charge in [-0.25, -0.2) is 28.7 Å². The van der Waals surface area contributed by atoms with E-state index in [1.54, 1.807) is 19.2 Å². The van der Waals surface area contributed by atoms with E-state index in [2.05, 4.69) is 25.4 Å². The smallest absolute Gasteiger partial charge is 0.267 e. The standard InChI is InChI=1S/C18H14F2N6OS/c1-9-8-28-18(22-9)16-21-7-11(10(2)23-16)17(27)25-26-6-5-12-14(26)4-3-13(24-12)15(19)20/h3-8,15H,1-2H3,(H,25,27). The second kappa shape index (κ2) is 7.04. The number of aryl methyl sites for hydroxylation is 2. The molecule has 0 unspecified atom stereocenters. The van der Waals surface area contributed by atoms with E-state index in [0.29, 0.717) is 33.1 Å². The van der Waals surface area contributed by atoms with Gasteiger partial charge in [0.1, 0.15) is 5.69 Å². The first-order chi connectivity index (χ1) is 13.4. The topological polar surface area (TPSA) is 85.6 Å². The summed E-state index contributed by atoms with van der Waals surface area (Å²) in [6, 6.07) is 4.27. The Labute approximate surface area is 162 Å². The molecular formula is C18H14F2N6OS. The number of alkyl halides is 2. The van der Waals surface area contributed by atoms with Gasteiger partial charge in [0.05, 0.1) is 22.3 Å². The van der Waals surface area contributed by atoms with Crippen molar-refractivity contribution in [1.82, 2.24) is 24.6 Å². The van der Waals surface area contributed by atoms with E-state index >= 15 is 0 Å². The third kappa shape index (κ3) is 3.33. The summed E-state index contributed by atoms with van der Waals surface area (Å²) >= 11 is 1.43. The molecule has 0 saturated carbocycles. The van der Waals surface area contributed by atoms with Crippen molar-refractivity contribution in [3.05, 3.63) is 58.6 Å². The first-order valence-corrected chi connectivity index (χ1v) is 9.14. The van der Waals surface area contributed by atoms with E-state index in [-0.39, 0.29) is 5.69 Å². The Kier molecular flexibility index (Phi) is 4.55. The lowest BCUT2D eigenvalue weighted by atomic mass is 10.2. The highest BCUT2D eigenvalue weighted by Gasteiger charge is 2.16. The highest BCUT2D eigenvalue weighted by molar-refractivity contribution is 7.13. The minimum Gasteiger partial charge on any atom is -0.267 e. The molecule has 0 spiro atoms. The van der Waals surface area contributed by atoms with Crippen LogP contribution in [0.2, 0.25) is 0 Å². The van der Waals surface area contributed by atoms with Gasteiger partial charge in [0.25, 0.3) is 12.3 Å². The molecule has 4 aromatic rings. The van der Waals surface area contributed by atoms with Gasteiger partial charge < -0.3 is 0 Å². The lowest BCUT2D eigenvalue weighted by Gasteiger charge is -2.10. The summed E-state index contributed by atoms with van der Waals surface area (Å²) < 4.78 is 27.0. The van der Waals surface area contributed by atoms with Crippen molar-refractivity contribution in [3.63, 3.8) is 0 Å². The number of aromatic nitrogens is 5. The van der Waals surface area contributed by atoms with Crippen LogP contribution in [0.3, 0.4) is 0 Å². The second-order valence-electron chi connectivity index (χ2n) is 6.05. The number of carbonyl (C=O) groups excluding carboxylic acids is 1. The molecule has 7 nitrogen and oxygen atoms in total. The molecule has 4 heterocycles. The van der Waals surface area contributed by atoms with Crippen LogP contribution in [0.15, 0.2) is 36.0 Å². The third-order valence-electron chi connectivity index (χ3n) is 4.04. The van der Waals surface area contributed by atoms with Gasteiger partial charge in [-0.15, -0.1) is 11.3 Å². The number of thiazole rings is 1. The molecule has 1 amide bonds. The molecule has 4 rings (SSSR count). The number of carbonyl (C=O) groups is 1. The van der Waals surface area contributed by atoms with E-state index in [1.807, 2.05) is 12.3 Å². The molecule has 0 bridgehead atoms. The van der Waals surface area contributed by atoms with Crippen LogP contribution in [0, 0.1) is 13.8 Å². The molecule has 1 N–H and O–H groups in total. The van der Waals surface area contributed by atoms with Crippen LogP contribution in [0.5, 0.6) is 0 Å². The fraction of sp³-hybridized carbons (Fsp3) is 0.167. The molecule has 0 aliphatic carbocycles. The van der Waals surface area contributed by atoms with Crippen molar-refractivity contribution in [3.8, 4) is 10.8 Å². The number of nitrogens with zero attached hydrogens (tertiary/aromatic N) is 5. The highest BCUT2D eigenvalue weighted by atomic mass is 32.1. The maximum atomic E-state index is 12.8. The molecule has 0 aliphatic rings. The number of fused-ring (bicyclic) bond motifs is 1. The zero-order chi connectivity index (χ0) is 19.8. The van der Waals surface area contributed by atoms with Crippen molar-refractivity contribution in [2.45, 2.75) is 20.3 Å². The normalized spacial score (nSPS) is 11.3. The first kappa shape index (κ1) is 18.1. The van der Waals surface area contributed by atoms with Gasteiger partial charge >= 0.3 is 0 Å². The monoisotopic (exact) mass is 400 g/mol. The molecule has 0 fully saturated rings. The number of hydrogen-bond acceptors (Lipinski definition) is 6. The van der Waals surface area contributed by atoms with Crippen molar-refractivity contribution in [1.29, 1.82) is 0 Å². The van der Waals surface area contributed by atoms with Gasteiger partial charge in [-0.3, -0.25) is 14.9 Å². The average molecular weight is 400 g/mol. The third-order valence-corrected chi connectivity index (χ3v) is 5.00. The van der Waals surface area contributed by atoms with Crippen molar-refractivity contribution in [2.24, 2.45) is 0 Å². The minimum atomic E-state index is -2.65. The van der Waals surface area contributed by atoms with Gasteiger partial charge in [0.15, 0.2) is 10.8 Å². The predicted molar refractivity (Wildman–Crippen MR) is 101 cm³/mol. The van der Waals surface area contributed by atoms with Crippen LogP contribution < -0.4 is 5.43 Å². The highest BCUT2D eigenvalue weighted by Crippen LogP contribution is 2.22. The molecule has 142 valence electrons. The summed E-state index contributed by atoms with van der Waals surface area (Å²) in [5.74, 6) is 0.0390. The van der Waals surface area contributed by atoms with E-state index in [9.17, 15) is 13.6 Å². The van der Waals surface area contributed by atoms with Gasteiger partial charge in [0.2, 0.25) is 0 Å². The fourth-order valence-corrected chi connectivity index (χ4v) is 3.41. The van der Waals surface area contributed by atoms with Crippen molar-refractivity contribution < 1.29 is 13.6 Å². The minimum absolute atomic E-state index is 0.302. The first-order valence-electron chi connectivity index (χ1n) is 8.26. The number of rotatable bonds is 4. The number of amides is 1. The molecule has 0 saturated heterocycles. The SMILES string of the molecule is Cc1csc(-c2ncc(C(=O)Nn3ccc4nc(C(F)F)ccc43)c(C)n2)n1. The summed E-state index contributed by atoms with van der Waals surface area (Å²) in [6.45, 7) is 3.60. The number of halogens is 2. The second-order valence-corrected chi connectivity index (χ2v) is 6.91. The zero-order valence-corrected chi connectivity index (χ0v) is 15.7. The maximum absolute atomic E-state index is 12.8. The Hall–Kier alpha value is -3.27. The number of hydrogen-bond donors (Lipinski definition) is 1.